The average molecular weight is 298 g/mol. The average Bonchev–Trinajstić information content (AvgIpc) is 2.32. The Bertz CT molecular complexity index is 641. The van der Waals surface area contributed by atoms with Gasteiger partial charge in [-0.3, -0.25) is 4.79 Å². The minimum atomic E-state index is 0.0681. The Morgan fingerprint density at radius 2 is 2.05 bits per heavy atom. The van der Waals surface area contributed by atoms with Crippen LogP contribution >= 0.6 is 23.2 Å². The number of aromatic nitrogens is 1. The van der Waals surface area contributed by atoms with Crippen LogP contribution in [0.5, 0.6) is 5.75 Å². The summed E-state index contributed by atoms with van der Waals surface area (Å²) in [6.07, 6.45) is 0.340. The van der Waals surface area contributed by atoms with Gasteiger partial charge in [0.05, 0.1) is 16.7 Å². The molecular weight excluding hydrogens is 285 g/mol. The highest BCUT2D eigenvalue weighted by atomic mass is 35.5. The number of hydrogen-bond acceptors (Lipinski definition) is 3. The van der Waals surface area contributed by atoms with Gasteiger partial charge in [0, 0.05) is 17.5 Å². The molecule has 0 atom stereocenters. The van der Waals surface area contributed by atoms with Crippen LogP contribution in [-0.4, -0.2) is 17.4 Å². The number of fused-ring (bicyclic) bond motifs is 1. The van der Waals surface area contributed by atoms with Crippen LogP contribution in [0.4, 0.5) is 0 Å². The Morgan fingerprint density at radius 3 is 2.74 bits per heavy atom. The Hall–Kier alpha value is -1.32. The summed E-state index contributed by atoms with van der Waals surface area (Å²) in [5, 5.41) is 1.72. The predicted molar refractivity (Wildman–Crippen MR) is 77.3 cm³/mol. The van der Waals surface area contributed by atoms with Crippen LogP contribution in [0.25, 0.3) is 10.9 Å². The van der Waals surface area contributed by atoms with Crippen molar-refractivity contribution in [3.63, 3.8) is 0 Å². The first-order chi connectivity index (χ1) is 8.99. The molecule has 2 rings (SSSR count). The van der Waals surface area contributed by atoms with Crippen LogP contribution in [0.1, 0.15) is 19.0 Å². The van der Waals surface area contributed by atoms with E-state index in [1.54, 1.807) is 6.07 Å². The van der Waals surface area contributed by atoms with Crippen molar-refractivity contribution in [3.8, 4) is 5.75 Å². The normalized spacial score (nSPS) is 10.7. The molecule has 0 fully saturated rings. The van der Waals surface area contributed by atoms with E-state index in [9.17, 15) is 4.79 Å². The number of benzene rings is 1. The predicted octanol–water partition coefficient (Wildman–Crippen LogP) is 4.21. The third-order valence-corrected chi connectivity index (χ3v) is 3.27. The van der Waals surface area contributed by atoms with Crippen molar-refractivity contribution in [2.24, 2.45) is 0 Å². The Balaban J connectivity index is 2.46. The zero-order chi connectivity index (χ0) is 14.0. The molecule has 0 N–H and O–H groups in total. The third kappa shape index (κ3) is 3.17. The summed E-state index contributed by atoms with van der Waals surface area (Å²) in [5.74, 6) is 0.546. The Morgan fingerprint density at radius 1 is 1.32 bits per heavy atom. The Labute approximate surface area is 121 Å². The number of ketones is 1. The number of nitrogens with zero attached hydrogens (tertiary/aromatic N) is 1. The van der Waals surface area contributed by atoms with E-state index in [0.29, 0.717) is 27.7 Å². The third-order valence-electron chi connectivity index (χ3n) is 2.68. The SMILES string of the molecule is CC(=O)CCOc1c(Cl)cc(Cl)c2ccc(C)nc12. The van der Waals surface area contributed by atoms with Crippen molar-refractivity contribution in [2.75, 3.05) is 6.61 Å². The number of ether oxygens (including phenoxy) is 1. The first-order valence-corrected chi connectivity index (χ1v) is 6.62. The highest BCUT2D eigenvalue weighted by Gasteiger charge is 2.13. The Kier molecular flexibility index (Phi) is 4.27. The van der Waals surface area contributed by atoms with Gasteiger partial charge in [-0.05, 0) is 32.0 Å². The van der Waals surface area contributed by atoms with Crippen molar-refractivity contribution in [1.82, 2.24) is 4.98 Å². The van der Waals surface area contributed by atoms with Gasteiger partial charge >= 0.3 is 0 Å². The lowest BCUT2D eigenvalue weighted by atomic mass is 10.2. The van der Waals surface area contributed by atoms with Gasteiger partial charge in [0.25, 0.3) is 0 Å². The molecule has 5 heteroatoms. The molecule has 0 aliphatic heterocycles. The summed E-state index contributed by atoms with van der Waals surface area (Å²) < 4.78 is 5.60. The van der Waals surface area contributed by atoms with Crippen LogP contribution < -0.4 is 4.74 Å². The van der Waals surface area contributed by atoms with Crippen LogP contribution in [0.3, 0.4) is 0 Å². The number of aryl methyl sites for hydroxylation is 1. The zero-order valence-corrected chi connectivity index (χ0v) is 12.2. The maximum atomic E-state index is 10.9. The maximum Gasteiger partial charge on any atom is 0.164 e. The van der Waals surface area contributed by atoms with E-state index in [1.807, 2.05) is 19.1 Å². The smallest absolute Gasteiger partial charge is 0.164 e. The molecule has 2 aromatic rings. The molecule has 1 heterocycles. The summed E-state index contributed by atoms with van der Waals surface area (Å²) in [5.41, 5.74) is 1.48. The second-order valence-corrected chi connectivity index (χ2v) is 5.13. The van der Waals surface area contributed by atoms with Crippen molar-refractivity contribution in [2.45, 2.75) is 20.3 Å². The molecule has 1 aromatic carbocycles. The van der Waals surface area contributed by atoms with E-state index in [-0.39, 0.29) is 12.4 Å². The number of hydrogen-bond donors (Lipinski definition) is 0. The molecule has 19 heavy (non-hydrogen) atoms. The molecule has 3 nitrogen and oxygen atoms in total. The molecule has 0 aliphatic carbocycles. The van der Waals surface area contributed by atoms with E-state index < -0.39 is 0 Å². The van der Waals surface area contributed by atoms with Crippen molar-refractivity contribution < 1.29 is 9.53 Å². The monoisotopic (exact) mass is 297 g/mol. The van der Waals surface area contributed by atoms with Crippen molar-refractivity contribution in [3.05, 3.63) is 33.9 Å². The van der Waals surface area contributed by atoms with Gasteiger partial charge in [0.15, 0.2) is 5.75 Å². The second kappa shape index (κ2) is 5.76. The topological polar surface area (TPSA) is 39.2 Å². The lowest BCUT2D eigenvalue weighted by Gasteiger charge is -2.11. The first kappa shape index (κ1) is 14.1. The quantitative estimate of drug-likeness (QED) is 0.849. The maximum absolute atomic E-state index is 10.9. The molecule has 0 amide bonds. The first-order valence-electron chi connectivity index (χ1n) is 5.86. The van der Waals surface area contributed by atoms with E-state index in [4.69, 9.17) is 27.9 Å². The fourth-order valence-corrected chi connectivity index (χ4v) is 2.29. The van der Waals surface area contributed by atoms with Crippen LogP contribution in [0.15, 0.2) is 18.2 Å². The number of Topliss-reactive ketones (excluding diaryl/α,β-unsaturated/α-hetero) is 1. The number of carbonyl (C=O) groups is 1. The number of carbonyl (C=O) groups excluding carboxylic acids is 1. The summed E-state index contributed by atoms with van der Waals surface area (Å²) >= 11 is 12.3. The summed E-state index contributed by atoms with van der Waals surface area (Å²) in [6.45, 7) is 3.68. The summed E-state index contributed by atoms with van der Waals surface area (Å²) in [7, 11) is 0. The molecule has 0 bridgehead atoms. The van der Waals surface area contributed by atoms with Gasteiger partial charge in [-0.25, -0.2) is 4.98 Å². The van der Waals surface area contributed by atoms with Gasteiger partial charge in [0.2, 0.25) is 0 Å². The van der Waals surface area contributed by atoms with Crippen LogP contribution in [-0.2, 0) is 4.79 Å². The molecule has 1 aromatic heterocycles. The lowest BCUT2D eigenvalue weighted by molar-refractivity contribution is -0.117. The molecule has 0 aliphatic rings. The summed E-state index contributed by atoms with van der Waals surface area (Å²) in [6, 6.07) is 5.39. The fourth-order valence-electron chi connectivity index (χ4n) is 1.72. The van der Waals surface area contributed by atoms with Crippen molar-refractivity contribution >= 4 is 39.9 Å². The number of halogens is 2. The van der Waals surface area contributed by atoms with E-state index in [0.717, 1.165) is 11.1 Å². The zero-order valence-electron chi connectivity index (χ0n) is 10.7. The van der Waals surface area contributed by atoms with Gasteiger partial charge < -0.3 is 4.74 Å². The minimum absolute atomic E-state index is 0.0681. The van der Waals surface area contributed by atoms with Crippen LogP contribution in [0.2, 0.25) is 10.0 Å². The van der Waals surface area contributed by atoms with Crippen molar-refractivity contribution in [1.29, 1.82) is 0 Å². The van der Waals surface area contributed by atoms with Gasteiger partial charge in [-0.15, -0.1) is 0 Å². The highest BCUT2D eigenvalue weighted by Crippen LogP contribution is 2.37. The summed E-state index contributed by atoms with van der Waals surface area (Å²) in [4.78, 5) is 15.4. The van der Waals surface area contributed by atoms with E-state index >= 15 is 0 Å². The highest BCUT2D eigenvalue weighted by molar-refractivity contribution is 6.39. The molecule has 0 spiro atoms. The van der Waals surface area contributed by atoms with Gasteiger partial charge in [-0.2, -0.15) is 0 Å². The second-order valence-electron chi connectivity index (χ2n) is 4.32. The lowest BCUT2D eigenvalue weighted by Crippen LogP contribution is -2.04. The minimum Gasteiger partial charge on any atom is -0.489 e. The fraction of sp³-hybridized carbons (Fsp3) is 0.286. The number of rotatable bonds is 4. The molecular formula is C14H13Cl2NO2. The van der Waals surface area contributed by atoms with E-state index in [2.05, 4.69) is 4.98 Å². The van der Waals surface area contributed by atoms with Crippen LogP contribution in [0, 0.1) is 6.92 Å². The van der Waals surface area contributed by atoms with Gasteiger partial charge in [-0.1, -0.05) is 23.2 Å². The number of pyridine rings is 1. The largest absolute Gasteiger partial charge is 0.489 e. The molecule has 100 valence electrons. The van der Waals surface area contributed by atoms with E-state index in [1.165, 1.54) is 6.92 Å². The van der Waals surface area contributed by atoms with Gasteiger partial charge in [0.1, 0.15) is 11.3 Å². The molecule has 0 unspecified atom stereocenters. The molecule has 0 saturated carbocycles. The molecule has 0 radical (unpaired) electrons. The standard InChI is InChI=1S/C14H13Cl2NO2/c1-8-3-4-10-11(15)7-12(16)14(13(10)17-8)19-6-5-9(2)18/h3-4,7H,5-6H2,1-2H3. The molecule has 0 saturated heterocycles.